The first-order valence-corrected chi connectivity index (χ1v) is 9.79. The molecule has 0 saturated heterocycles. The highest BCUT2D eigenvalue weighted by atomic mass is 19.1. The molecule has 0 bridgehead atoms. The van der Waals surface area contributed by atoms with Crippen molar-refractivity contribution in [1.29, 1.82) is 0 Å². The second-order valence-electron chi connectivity index (χ2n) is 7.39. The van der Waals surface area contributed by atoms with Crippen LogP contribution in [0.4, 0.5) is 4.39 Å². The molecular formula is C21H23FN6O3. The van der Waals surface area contributed by atoms with Crippen LogP contribution in [-0.2, 0) is 24.9 Å². The molecule has 0 fully saturated rings. The maximum absolute atomic E-state index is 14.2. The van der Waals surface area contributed by atoms with Gasteiger partial charge < -0.3 is 9.30 Å². The summed E-state index contributed by atoms with van der Waals surface area (Å²) in [6, 6.07) is 7.97. The van der Waals surface area contributed by atoms with Crippen molar-refractivity contribution >= 4 is 11.2 Å². The van der Waals surface area contributed by atoms with E-state index >= 15 is 0 Å². The highest BCUT2D eigenvalue weighted by Gasteiger charge is 2.23. The van der Waals surface area contributed by atoms with E-state index < -0.39 is 17.1 Å². The predicted molar refractivity (Wildman–Crippen MR) is 113 cm³/mol. The first kappa shape index (κ1) is 20.7. The third kappa shape index (κ3) is 3.48. The van der Waals surface area contributed by atoms with Gasteiger partial charge in [-0.1, -0.05) is 18.2 Å². The molecule has 0 aliphatic heterocycles. The van der Waals surface area contributed by atoms with Crippen LogP contribution in [0.3, 0.4) is 0 Å². The molecular weight excluding hydrogens is 403 g/mol. The summed E-state index contributed by atoms with van der Waals surface area (Å²) in [6.45, 7) is 4.22. The van der Waals surface area contributed by atoms with Gasteiger partial charge in [-0.15, -0.1) is 0 Å². The number of aromatic nitrogens is 6. The summed E-state index contributed by atoms with van der Waals surface area (Å²) in [6.07, 6.45) is 0. The highest BCUT2D eigenvalue weighted by Crippen LogP contribution is 2.17. The second-order valence-corrected chi connectivity index (χ2v) is 7.39. The number of imidazole rings is 1. The lowest BCUT2D eigenvalue weighted by atomic mass is 10.2. The summed E-state index contributed by atoms with van der Waals surface area (Å²) < 4.78 is 25.1. The fourth-order valence-corrected chi connectivity index (χ4v) is 3.68. The van der Waals surface area contributed by atoms with Crippen molar-refractivity contribution in [3.05, 3.63) is 73.9 Å². The average Bonchev–Trinajstić information content (AvgIpc) is 3.28. The molecule has 1 aromatic carbocycles. The van der Waals surface area contributed by atoms with Crippen LogP contribution in [0.5, 0.6) is 0 Å². The number of rotatable bonds is 6. The molecule has 4 aromatic rings. The molecule has 9 nitrogen and oxygen atoms in total. The Hall–Kier alpha value is -3.53. The van der Waals surface area contributed by atoms with E-state index in [-0.39, 0.29) is 23.3 Å². The number of benzene rings is 1. The third-order valence-corrected chi connectivity index (χ3v) is 5.22. The topological polar surface area (TPSA) is 88.9 Å². The molecule has 0 atom stereocenters. The largest absolute Gasteiger partial charge is 0.383 e. The summed E-state index contributed by atoms with van der Waals surface area (Å²) in [5.41, 5.74) is 1.24. The molecule has 3 aromatic heterocycles. The van der Waals surface area contributed by atoms with E-state index in [0.29, 0.717) is 19.1 Å². The van der Waals surface area contributed by atoms with Gasteiger partial charge in [0.1, 0.15) is 5.82 Å². The number of halogens is 1. The first-order valence-electron chi connectivity index (χ1n) is 9.79. The van der Waals surface area contributed by atoms with E-state index in [0.717, 1.165) is 16.0 Å². The summed E-state index contributed by atoms with van der Waals surface area (Å²) >= 11 is 0. The van der Waals surface area contributed by atoms with Crippen LogP contribution >= 0.6 is 0 Å². The van der Waals surface area contributed by atoms with Gasteiger partial charge in [-0.2, -0.15) is 10.1 Å². The van der Waals surface area contributed by atoms with Gasteiger partial charge in [-0.3, -0.25) is 13.9 Å². The van der Waals surface area contributed by atoms with E-state index in [1.165, 1.54) is 10.6 Å². The zero-order chi connectivity index (χ0) is 22.3. The molecule has 0 spiro atoms. The van der Waals surface area contributed by atoms with Crippen molar-refractivity contribution in [3.63, 3.8) is 0 Å². The van der Waals surface area contributed by atoms with Gasteiger partial charge in [0.2, 0.25) is 5.95 Å². The van der Waals surface area contributed by atoms with Crippen molar-refractivity contribution in [2.24, 2.45) is 7.05 Å². The number of ether oxygens (including phenoxy) is 1. The molecule has 0 unspecified atom stereocenters. The molecule has 31 heavy (non-hydrogen) atoms. The quantitative estimate of drug-likeness (QED) is 0.467. The zero-order valence-corrected chi connectivity index (χ0v) is 17.8. The van der Waals surface area contributed by atoms with Crippen LogP contribution in [0.1, 0.15) is 17.0 Å². The fraction of sp³-hybridized carbons (Fsp3) is 0.333. The fourth-order valence-electron chi connectivity index (χ4n) is 3.68. The predicted octanol–water partition coefficient (Wildman–Crippen LogP) is 1.53. The first-order chi connectivity index (χ1) is 14.8. The Kier molecular flexibility index (Phi) is 5.32. The molecule has 3 heterocycles. The van der Waals surface area contributed by atoms with Gasteiger partial charge in [0.15, 0.2) is 11.2 Å². The molecule has 0 amide bonds. The average molecular weight is 426 g/mol. The van der Waals surface area contributed by atoms with Crippen LogP contribution in [-0.4, -0.2) is 42.2 Å². The number of fused-ring (bicyclic) bond motifs is 1. The van der Waals surface area contributed by atoms with Crippen LogP contribution in [0.15, 0.2) is 39.9 Å². The van der Waals surface area contributed by atoms with Crippen molar-refractivity contribution in [2.75, 3.05) is 13.7 Å². The minimum absolute atomic E-state index is 0.182. The van der Waals surface area contributed by atoms with E-state index in [9.17, 15) is 14.0 Å². The number of nitrogens with zero attached hydrogens (tertiary/aromatic N) is 6. The lowest BCUT2D eigenvalue weighted by molar-refractivity contribution is 0.188. The molecule has 0 aliphatic rings. The number of hydrogen-bond donors (Lipinski definition) is 0. The Morgan fingerprint density at radius 2 is 1.87 bits per heavy atom. The molecule has 10 heteroatoms. The van der Waals surface area contributed by atoms with Crippen LogP contribution in [0, 0.1) is 19.7 Å². The lowest BCUT2D eigenvalue weighted by Gasteiger charge is -2.11. The number of methoxy groups -OCH3 is 1. The smallest absolute Gasteiger partial charge is 0.332 e. The van der Waals surface area contributed by atoms with Gasteiger partial charge in [-0.05, 0) is 26.0 Å². The Labute approximate surface area is 176 Å². The molecule has 0 aliphatic carbocycles. The molecule has 0 saturated carbocycles. The number of hydrogen-bond acceptors (Lipinski definition) is 5. The van der Waals surface area contributed by atoms with Crippen molar-refractivity contribution in [3.8, 4) is 5.95 Å². The number of aryl methyl sites for hydroxylation is 3. The molecule has 0 N–H and O–H groups in total. The summed E-state index contributed by atoms with van der Waals surface area (Å²) in [4.78, 5) is 31.0. The standard InChI is InChI=1S/C21H23FN6O3/c1-13-11-14(2)28(24-13)20-23-18-17(26(20)9-10-31-4)19(29)27(21(30)25(18)3)12-15-7-5-6-8-16(15)22/h5-8,11H,9-10,12H2,1-4H3. The van der Waals surface area contributed by atoms with Gasteiger partial charge >= 0.3 is 5.69 Å². The minimum atomic E-state index is -0.572. The highest BCUT2D eigenvalue weighted by molar-refractivity contribution is 5.72. The summed E-state index contributed by atoms with van der Waals surface area (Å²) in [5, 5.41) is 4.47. The molecule has 0 radical (unpaired) electrons. The Morgan fingerprint density at radius 1 is 1.13 bits per heavy atom. The van der Waals surface area contributed by atoms with Crippen molar-refractivity contribution in [1.82, 2.24) is 28.5 Å². The lowest BCUT2D eigenvalue weighted by Crippen LogP contribution is -2.40. The van der Waals surface area contributed by atoms with Crippen LogP contribution < -0.4 is 11.2 Å². The maximum atomic E-state index is 14.2. The Bertz CT molecular complexity index is 1390. The van der Waals surface area contributed by atoms with E-state index in [2.05, 4.69) is 10.1 Å². The van der Waals surface area contributed by atoms with Crippen molar-refractivity contribution < 1.29 is 9.13 Å². The van der Waals surface area contributed by atoms with Gasteiger partial charge in [0.05, 0.1) is 18.8 Å². The monoisotopic (exact) mass is 426 g/mol. The van der Waals surface area contributed by atoms with E-state index in [4.69, 9.17) is 4.74 Å². The van der Waals surface area contributed by atoms with Crippen LogP contribution in [0.2, 0.25) is 0 Å². The van der Waals surface area contributed by atoms with Crippen molar-refractivity contribution in [2.45, 2.75) is 26.9 Å². The minimum Gasteiger partial charge on any atom is -0.383 e. The zero-order valence-electron chi connectivity index (χ0n) is 17.8. The van der Waals surface area contributed by atoms with E-state index in [1.54, 1.807) is 41.6 Å². The Morgan fingerprint density at radius 3 is 2.52 bits per heavy atom. The van der Waals surface area contributed by atoms with Gasteiger partial charge in [0, 0.05) is 32.0 Å². The molecule has 162 valence electrons. The second kappa shape index (κ2) is 7.95. The third-order valence-electron chi connectivity index (χ3n) is 5.22. The Balaban J connectivity index is 2.01. The summed E-state index contributed by atoms with van der Waals surface area (Å²) in [7, 11) is 3.11. The van der Waals surface area contributed by atoms with E-state index in [1.807, 2.05) is 19.9 Å². The van der Waals surface area contributed by atoms with Gasteiger partial charge in [0.25, 0.3) is 5.56 Å². The maximum Gasteiger partial charge on any atom is 0.332 e. The summed E-state index contributed by atoms with van der Waals surface area (Å²) in [5.74, 6) is -0.0684. The van der Waals surface area contributed by atoms with Crippen LogP contribution in [0.25, 0.3) is 17.1 Å². The molecule has 4 rings (SSSR count). The normalized spacial score (nSPS) is 11.5. The SMILES string of the molecule is COCCn1c(-n2nc(C)cc2C)nc2c1c(=O)n(Cc1ccccc1F)c(=O)n2C. The van der Waals surface area contributed by atoms with Gasteiger partial charge in [-0.25, -0.2) is 13.9 Å².